The predicted molar refractivity (Wildman–Crippen MR) is 87.6 cm³/mol. The fourth-order valence-corrected chi connectivity index (χ4v) is 4.05. The van der Waals surface area contributed by atoms with Crippen molar-refractivity contribution in [3.63, 3.8) is 0 Å². The second kappa shape index (κ2) is 6.71. The van der Waals surface area contributed by atoms with Gasteiger partial charge in [-0.05, 0) is 37.5 Å². The van der Waals surface area contributed by atoms with E-state index in [-0.39, 0.29) is 17.5 Å². The van der Waals surface area contributed by atoms with Crippen molar-refractivity contribution in [3.8, 4) is 0 Å². The molecule has 1 saturated heterocycles. The number of morpholine rings is 1. The molecule has 1 N–H and O–H groups in total. The first-order valence-electron chi connectivity index (χ1n) is 8.44. The van der Waals surface area contributed by atoms with Crippen LogP contribution in [0, 0.1) is 16.7 Å². The van der Waals surface area contributed by atoms with Gasteiger partial charge < -0.3 is 14.8 Å². The molecule has 0 aromatic heterocycles. The summed E-state index contributed by atoms with van der Waals surface area (Å²) in [5.41, 5.74) is 0.958. The van der Waals surface area contributed by atoms with Crippen molar-refractivity contribution in [2.75, 3.05) is 26.3 Å². The van der Waals surface area contributed by atoms with Crippen LogP contribution < -0.4 is 5.32 Å². The number of carbonyl (C=O) groups is 1. The first kappa shape index (κ1) is 17.5. The van der Waals surface area contributed by atoms with Crippen LogP contribution in [-0.2, 0) is 14.3 Å². The number of ether oxygens (including phenoxy) is 2. The molecule has 4 nitrogen and oxygen atoms in total. The highest BCUT2D eigenvalue weighted by Crippen LogP contribution is 2.66. The fourth-order valence-electron chi connectivity index (χ4n) is 4.05. The van der Waals surface area contributed by atoms with Crippen LogP contribution in [-0.4, -0.2) is 38.4 Å². The van der Waals surface area contributed by atoms with Gasteiger partial charge in [-0.25, -0.2) is 4.79 Å². The van der Waals surface area contributed by atoms with Crippen molar-refractivity contribution in [2.45, 2.75) is 53.1 Å². The van der Waals surface area contributed by atoms with E-state index in [2.05, 4.69) is 32.7 Å². The molecule has 0 radical (unpaired) electrons. The number of esters is 1. The quantitative estimate of drug-likeness (QED) is 0.629. The van der Waals surface area contributed by atoms with Crippen LogP contribution in [0.25, 0.3) is 0 Å². The Hall–Kier alpha value is -0.870. The topological polar surface area (TPSA) is 47.6 Å². The summed E-state index contributed by atoms with van der Waals surface area (Å²) < 4.78 is 10.6. The monoisotopic (exact) mass is 309 g/mol. The van der Waals surface area contributed by atoms with Crippen molar-refractivity contribution < 1.29 is 14.3 Å². The Morgan fingerprint density at radius 3 is 2.23 bits per heavy atom. The molecule has 3 atom stereocenters. The van der Waals surface area contributed by atoms with Gasteiger partial charge in [0.2, 0.25) is 0 Å². The highest BCUT2D eigenvalue weighted by atomic mass is 16.5. The van der Waals surface area contributed by atoms with Gasteiger partial charge in [0.05, 0.1) is 13.2 Å². The first-order chi connectivity index (χ1) is 10.3. The second-order valence-electron chi connectivity index (χ2n) is 7.65. The van der Waals surface area contributed by atoms with Crippen molar-refractivity contribution in [1.29, 1.82) is 0 Å². The van der Waals surface area contributed by atoms with Gasteiger partial charge in [0.25, 0.3) is 0 Å². The summed E-state index contributed by atoms with van der Waals surface area (Å²) >= 11 is 0. The molecule has 1 unspecified atom stereocenters. The molecule has 3 fully saturated rings. The Morgan fingerprint density at radius 2 is 1.91 bits per heavy atom. The van der Waals surface area contributed by atoms with Crippen LogP contribution in [0.15, 0.2) is 12.2 Å². The third kappa shape index (κ3) is 3.23. The van der Waals surface area contributed by atoms with Gasteiger partial charge >= 0.3 is 5.97 Å². The van der Waals surface area contributed by atoms with Gasteiger partial charge in [0.15, 0.2) is 0 Å². The maximum Gasteiger partial charge on any atom is 0.333 e. The molecule has 0 spiro atoms. The SMILES string of the molecule is C1COCCN1.C=C(C)C(=O)OC1C[C@H]2CC[C@@]1(C)C2(C)C. The molecular formula is C18H31NO3. The van der Waals surface area contributed by atoms with Crippen LogP contribution >= 0.6 is 0 Å². The molecule has 0 aromatic carbocycles. The molecule has 0 aromatic rings. The summed E-state index contributed by atoms with van der Waals surface area (Å²) in [6.45, 7) is 16.1. The van der Waals surface area contributed by atoms with Gasteiger partial charge in [-0.3, -0.25) is 0 Å². The lowest BCUT2D eigenvalue weighted by molar-refractivity contribution is -0.151. The van der Waals surface area contributed by atoms with E-state index in [1.165, 1.54) is 12.8 Å². The minimum atomic E-state index is -0.227. The summed E-state index contributed by atoms with van der Waals surface area (Å²) in [6, 6.07) is 0. The van der Waals surface area contributed by atoms with Gasteiger partial charge in [0.1, 0.15) is 6.10 Å². The second-order valence-corrected chi connectivity index (χ2v) is 7.65. The lowest BCUT2D eigenvalue weighted by atomic mass is 9.70. The van der Waals surface area contributed by atoms with Gasteiger partial charge in [-0.15, -0.1) is 0 Å². The Labute approximate surface area is 134 Å². The summed E-state index contributed by atoms with van der Waals surface area (Å²) in [5.74, 6) is 0.481. The Balaban J connectivity index is 0.000000246. The van der Waals surface area contributed by atoms with E-state index >= 15 is 0 Å². The molecule has 3 aliphatic rings. The van der Waals surface area contributed by atoms with E-state index in [9.17, 15) is 4.79 Å². The number of hydrogen-bond donors (Lipinski definition) is 1. The van der Waals surface area contributed by atoms with Crippen LogP contribution in [0.5, 0.6) is 0 Å². The average molecular weight is 309 g/mol. The first-order valence-corrected chi connectivity index (χ1v) is 8.44. The van der Waals surface area contributed by atoms with E-state index in [0.29, 0.717) is 16.9 Å². The van der Waals surface area contributed by atoms with Crippen LogP contribution in [0.1, 0.15) is 47.0 Å². The molecule has 126 valence electrons. The zero-order valence-corrected chi connectivity index (χ0v) is 14.5. The largest absolute Gasteiger partial charge is 0.458 e. The van der Waals surface area contributed by atoms with E-state index in [1.807, 2.05) is 0 Å². The number of carbonyl (C=O) groups excluding carboxylic acids is 1. The van der Waals surface area contributed by atoms with Gasteiger partial charge in [-0.2, -0.15) is 0 Å². The number of nitrogens with one attached hydrogen (secondary N) is 1. The van der Waals surface area contributed by atoms with E-state index < -0.39 is 0 Å². The summed E-state index contributed by atoms with van der Waals surface area (Å²) in [6.07, 6.45) is 3.58. The number of hydrogen-bond acceptors (Lipinski definition) is 4. The Bertz CT molecular complexity index is 417. The van der Waals surface area contributed by atoms with Crippen molar-refractivity contribution in [3.05, 3.63) is 12.2 Å². The summed E-state index contributed by atoms with van der Waals surface area (Å²) in [7, 11) is 0. The molecular weight excluding hydrogens is 278 g/mol. The van der Waals surface area contributed by atoms with Crippen molar-refractivity contribution in [2.24, 2.45) is 16.7 Å². The maximum absolute atomic E-state index is 11.6. The molecule has 2 aliphatic carbocycles. The summed E-state index contributed by atoms with van der Waals surface area (Å²) in [5, 5.41) is 3.16. The average Bonchev–Trinajstić information content (AvgIpc) is 2.83. The van der Waals surface area contributed by atoms with Gasteiger partial charge in [0, 0.05) is 24.1 Å². The zero-order valence-electron chi connectivity index (χ0n) is 14.5. The standard InChI is InChI=1S/C14H22O2.C4H9NO/c1-9(2)12(15)16-11-8-10-6-7-14(11,5)13(10,3)4;1-3-6-4-2-5-1/h10-11H,1,6-8H2,2-5H3;5H,1-4H2/t10-,11?,14-;/m1./s1. The predicted octanol–water partition coefficient (Wildman–Crippen LogP) is 2.93. The molecule has 1 heterocycles. The minimum absolute atomic E-state index is 0.0884. The smallest absolute Gasteiger partial charge is 0.333 e. The van der Waals surface area contributed by atoms with Crippen LogP contribution in [0.2, 0.25) is 0 Å². The molecule has 0 amide bonds. The number of fused-ring (bicyclic) bond motifs is 2. The normalized spacial score (nSPS) is 35.5. The van der Waals surface area contributed by atoms with E-state index in [4.69, 9.17) is 9.47 Å². The van der Waals surface area contributed by atoms with Gasteiger partial charge in [-0.1, -0.05) is 27.4 Å². The molecule has 3 rings (SSSR count). The Kier molecular flexibility index (Phi) is 5.33. The fraction of sp³-hybridized carbons (Fsp3) is 0.833. The third-order valence-electron chi connectivity index (χ3n) is 6.16. The van der Waals surface area contributed by atoms with Crippen LogP contribution in [0.4, 0.5) is 0 Å². The third-order valence-corrected chi connectivity index (χ3v) is 6.16. The molecule has 2 saturated carbocycles. The molecule has 22 heavy (non-hydrogen) atoms. The van der Waals surface area contributed by atoms with Crippen molar-refractivity contribution in [1.82, 2.24) is 5.32 Å². The van der Waals surface area contributed by atoms with E-state index in [0.717, 1.165) is 32.7 Å². The van der Waals surface area contributed by atoms with E-state index in [1.54, 1.807) is 6.92 Å². The lowest BCUT2D eigenvalue weighted by Crippen LogP contribution is -2.38. The van der Waals surface area contributed by atoms with Crippen molar-refractivity contribution >= 4 is 5.97 Å². The van der Waals surface area contributed by atoms with Crippen LogP contribution in [0.3, 0.4) is 0 Å². The maximum atomic E-state index is 11.6. The minimum Gasteiger partial charge on any atom is -0.458 e. The summed E-state index contributed by atoms with van der Waals surface area (Å²) in [4.78, 5) is 11.6. The molecule has 2 bridgehead atoms. The molecule has 4 heteroatoms. The zero-order chi connectivity index (χ0) is 16.4. The highest BCUT2D eigenvalue weighted by molar-refractivity contribution is 5.87. The highest BCUT2D eigenvalue weighted by Gasteiger charge is 2.62. The Morgan fingerprint density at radius 1 is 1.27 bits per heavy atom. The number of rotatable bonds is 2. The lowest BCUT2D eigenvalue weighted by Gasteiger charge is -2.38. The molecule has 1 aliphatic heterocycles.